The van der Waals surface area contributed by atoms with E-state index < -0.39 is 4.92 Å². The number of carbonyl (C=O) groups is 1. The van der Waals surface area contributed by atoms with Crippen molar-refractivity contribution in [3.8, 4) is 0 Å². The molecule has 0 aliphatic heterocycles. The van der Waals surface area contributed by atoms with Gasteiger partial charge in [-0.05, 0) is 13.8 Å². The number of carbonyl (C=O) groups excluding carboxylic acids is 1. The van der Waals surface area contributed by atoms with Crippen LogP contribution < -0.4 is 5.32 Å². The van der Waals surface area contributed by atoms with Crippen LogP contribution in [-0.4, -0.2) is 30.4 Å². The van der Waals surface area contributed by atoms with Crippen molar-refractivity contribution in [2.75, 3.05) is 0 Å². The lowest BCUT2D eigenvalue weighted by Crippen LogP contribution is -2.27. The molecule has 9 nitrogen and oxygen atoms in total. The molecule has 1 amide bonds. The standard InChI is InChI=1S/C12H16N6O3/c1-3-16-6-10(9(2)15-16)4-13-12(19)8-17-7-11(5-14-17)18(20)21/h5-7H,3-4,8H2,1-2H3,(H,13,19). The molecule has 0 aliphatic carbocycles. The van der Waals surface area contributed by atoms with Crippen LogP contribution in [0.25, 0.3) is 0 Å². The van der Waals surface area contributed by atoms with Crippen LogP contribution in [0.5, 0.6) is 0 Å². The lowest BCUT2D eigenvalue weighted by Gasteiger charge is -2.04. The number of hydrogen-bond donors (Lipinski definition) is 1. The Morgan fingerprint density at radius 3 is 2.76 bits per heavy atom. The van der Waals surface area contributed by atoms with E-state index in [4.69, 9.17) is 0 Å². The van der Waals surface area contributed by atoms with Crippen LogP contribution in [0.1, 0.15) is 18.2 Å². The summed E-state index contributed by atoms with van der Waals surface area (Å²) in [6.45, 7) is 4.94. The van der Waals surface area contributed by atoms with Crippen LogP contribution >= 0.6 is 0 Å². The molecule has 0 unspecified atom stereocenters. The monoisotopic (exact) mass is 292 g/mol. The molecule has 21 heavy (non-hydrogen) atoms. The summed E-state index contributed by atoms with van der Waals surface area (Å²) in [5.74, 6) is -0.267. The number of aromatic nitrogens is 4. The molecule has 0 saturated heterocycles. The second-order valence-corrected chi connectivity index (χ2v) is 4.53. The fourth-order valence-electron chi connectivity index (χ4n) is 1.82. The molecule has 2 aromatic rings. The molecule has 2 rings (SSSR count). The summed E-state index contributed by atoms with van der Waals surface area (Å²) in [6, 6.07) is 0. The second-order valence-electron chi connectivity index (χ2n) is 4.53. The van der Waals surface area contributed by atoms with Crippen molar-refractivity contribution in [3.05, 3.63) is 40.0 Å². The third-order valence-electron chi connectivity index (χ3n) is 2.98. The molecule has 0 saturated carbocycles. The van der Waals surface area contributed by atoms with Crippen molar-refractivity contribution in [3.63, 3.8) is 0 Å². The predicted molar refractivity (Wildman–Crippen MR) is 73.4 cm³/mol. The average Bonchev–Trinajstić information content (AvgIpc) is 3.03. The summed E-state index contributed by atoms with van der Waals surface area (Å²) in [7, 11) is 0. The molecule has 0 atom stereocenters. The maximum absolute atomic E-state index is 11.8. The zero-order chi connectivity index (χ0) is 15.4. The fourth-order valence-corrected chi connectivity index (χ4v) is 1.82. The van der Waals surface area contributed by atoms with Crippen LogP contribution in [0.2, 0.25) is 0 Å². The minimum Gasteiger partial charge on any atom is -0.350 e. The Labute approximate surface area is 120 Å². The summed E-state index contributed by atoms with van der Waals surface area (Å²) in [6.07, 6.45) is 4.22. The highest BCUT2D eigenvalue weighted by molar-refractivity contribution is 5.75. The van der Waals surface area contributed by atoms with Crippen molar-refractivity contribution in [2.24, 2.45) is 0 Å². The number of aryl methyl sites for hydroxylation is 2. The SMILES string of the molecule is CCn1cc(CNC(=O)Cn2cc([N+](=O)[O-])cn2)c(C)n1. The van der Waals surface area contributed by atoms with Crippen LogP contribution in [0.15, 0.2) is 18.6 Å². The van der Waals surface area contributed by atoms with E-state index in [2.05, 4.69) is 15.5 Å². The minimum atomic E-state index is -0.552. The highest BCUT2D eigenvalue weighted by Crippen LogP contribution is 2.08. The van der Waals surface area contributed by atoms with Crippen molar-refractivity contribution < 1.29 is 9.72 Å². The molecule has 0 bridgehead atoms. The van der Waals surface area contributed by atoms with Gasteiger partial charge in [0.15, 0.2) is 0 Å². The van der Waals surface area contributed by atoms with E-state index in [1.54, 1.807) is 4.68 Å². The van der Waals surface area contributed by atoms with E-state index in [1.807, 2.05) is 20.0 Å². The van der Waals surface area contributed by atoms with E-state index in [-0.39, 0.29) is 18.1 Å². The molecular weight excluding hydrogens is 276 g/mol. The molecule has 1 N–H and O–H groups in total. The van der Waals surface area contributed by atoms with Crippen LogP contribution in [0.4, 0.5) is 5.69 Å². The van der Waals surface area contributed by atoms with Gasteiger partial charge >= 0.3 is 5.69 Å². The van der Waals surface area contributed by atoms with E-state index >= 15 is 0 Å². The topological polar surface area (TPSA) is 108 Å². The quantitative estimate of drug-likeness (QED) is 0.620. The summed E-state index contributed by atoms with van der Waals surface area (Å²) >= 11 is 0. The summed E-state index contributed by atoms with van der Waals surface area (Å²) in [4.78, 5) is 21.8. The number of amides is 1. The largest absolute Gasteiger partial charge is 0.350 e. The summed E-state index contributed by atoms with van der Waals surface area (Å²) in [5, 5.41) is 21.3. The van der Waals surface area contributed by atoms with Gasteiger partial charge in [0.2, 0.25) is 5.91 Å². The van der Waals surface area contributed by atoms with Gasteiger partial charge in [-0.1, -0.05) is 0 Å². The minimum absolute atomic E-state index is 0.0607. The molecule has 0 radical (unpaired) electrons. The summed E-state index contributed by atoms with van der Waals surface area (Å²) in [5.41, 5.74) is 1.67. The highest BCUT2D eigenvalue weighted by atomic mass is 16.6. The highest BCUT2D eigenvalue weighted by Gasteiger charge is 2.11. The number of hydrogen-bond acceptors (Lipinski definition) is 5. The number of nitrogens with one attached hydrogen (secondary N) is 1. The van der Waals surface area contributed by atoms with Gasteiger partial charge in [-0.3, -0.25) is 24.3 Å². The van der Waals surface area contributed by atoms with Gasteiger partial charge in [0.1, 0.15) is 18.9 Å². The van der Waals surface area contributed by atoms with Crippen LogP contribution in [0.3, 0.4) is 0 Å². The zero-order valence-corrected chi connectivity index (χ0v) is 11.8. The van der Waals surface area contributed by atoms with E-state index in [1.165, 1.54) is 10.9 Å². The zero-order valence-electron chi connectivity index (χ0n) is 11.8. The van der Waals surface area contributed by atoms with Crippen molar-refractivity contribution in [1.82, 2.24) is 24.9 Å². The molecule has 112 valence electrons. The van der Waals surface area contributed by atoms with Gasteiger partial charge in [-0.2, -0.15) is 10.2 Å². The lowest BCUT2D eigenvalue weighted by molar-refractivity contribution is -0.385. The molecule has 0 spiro atoms. The number of nitro groups is 1. The molecule has 0 aliphatic rings. The molecule has 0 aromatic carbocycles. The lowest BCUT2D eigenvalue weighted by atomic mass is 10.2. The first kappa shape index (κ1) is 14.7. The normalized spacial score (nSPS) is 10.6. The van der Waals surface area contributed by atoms with Crippen molar-refractivity contribution >= 4 is 11.6 Å². The first-order valence-corrected chi connectivity index (χ1v) is 6.46. The Morgan fingerprint density at radius 2 is 2.19 bits per heavy atom. The van der Waals surface area contributed by atoms with Gasteiger partial charge in [0.25, 0.3) is 0 Å². The average molecular weight is 292 g/mol. The smallest absolute Gasteiger partial charge is 0.307 e. The fraction of sp³-hybridized carbons (Fsp3) is 0.417. The Hall–Kier alpha value is -2.71. The van der Waals surface area contributed by atoms with Crippen molar-refractivity contribution in [1.29, 1.82) is 0 Å². The van der Waals surface area contributed by atoms with Gasteiger partial charge in [-0.15, -0.1) is 0 Å². The molecule has 9 heteroatoms. The third-order valence-corrected chi connectivity index (χ3v) is 2.98. The Balaban J connectivity index is 1.89. The molecule has 0 fully saturated rings. The van der Waals surface area contributed by atoms with Gasteiger partial charge in [0, 0.05) is 24.8 Å². The third kappa shape index (κ3) is 3.65. The van der Waals surface area contributed by atoms with Gasteiger partial charge in [0.05, 0.1) is 10.6 Å². The Morgan fingerprint density at radius 1 is 1.43 bits per heavy atom. The van der Waals surface area contributed by atoms with Crippen molar-refractivity contribution in [2.45, 2.75) is 33.5 Å². The van der Waals surface area contributed by atoms with Gasteiger partial charge < -0.3 is 5.32 Å². The van der Waals surface area contributed by atoms with Crippen LogP contribution in [0, 0.1) is 17.0 Å². The number of rotatable bonds is 6. The summed E-state index contributed by atoms with van der Waals surface area (Å²) < 4.78 is 3.03. The van der Waals surface area contributed by atoms with Crippen LogP contribution in [-0.2, 0) is 24.4 Å². The Kier molecular flexibility index (Phi) is 4.31. The predicted octanol–water partition coefficient (Wildman–Crippen LogP) is 0.633. The van der Waals surface area contributed by atoms with E-state index in [9.17, 15) is 14.9 Å². The molecular formula is C12H16N6O3. The second kappa shape index (κ2) is 6.16. The maximum atomic E-state index is 11.8. The Bertz CT molecular complexity index is 660. The maximum Gasteiger partial charge on any atom is 0.307 e. The molecule has 2 heterocycles. The number of nitrogens with zero attached hydrogens (tertiary/aromatic N) is 5. The first-order chi connectivity index (χ1) is 9.99. The van der Waals surface area contributed by atoms with Gasteiger partial charge in [-0.25, -0.2) is 0 Å². The van der Waals surface area contributed by atoms with E-state index in [0.29, 0.717) is 6.54 Å². The first-order valence-electron chi connectivity index (χ1n) is 6.46. The molecule has 2 aromatic heterocycles. The van der Waals surface area contributed by atoms with E-state index in [0.717, 1.165) is 24.0 Å².